The smallest absolute Gasteiger partial charge is 0.328 e. The summed E-state index contributed by atoms with van der Waals surface area (Å²) in [5.74, 6) is -1.75. The lowest BCUT2D eigenvalue weighted by atomic mass is 10.1. The summed E-state index contributed by atoms with van der Waals surface area (Å²) < 4.78 is 1.28. The minimum absolute atomic E-state index is 0.130. The van der Waals surface area contributed by atoms with Crippen LogP contribution in [0.15, 0.2) is 42.5 Å². The number of aromatic nitrogens is 1. The van der Waals surface area contributed by atoms with Crippen LogP contribution in [0, 0.1) is 12.8 Å². The molecule has 2 aromatic carbocycles. The maximum atomic E-state index is 13.1. The van der Waals surface area contributed by atoms with Gasteiger partial charge in [-0.2, -0.15) is 0 Å². The van der Waals surface area contributed by atoms with Gasteiger partial charge in [0, 0.05) is 27.7 Å². The molecule has 7 nitrogen and oxygen atoms in total. The fourth-order valence-corrected chi connectivity index (χ4v) is 3.47. The van der Waals surface area contributed by atoms with Crippen molar-refractivity contribution >= 4 is 57.5 Å². The summed E-state index contributed by atoms with van der Waals surface area (Å²) in [4.78, 5) is 37.8. The van der Waals surface area contributed by atoms with Crippen molar-refractivity contribution in [3.63, 3.8) is 0 Å². The van der Waals surface area contributed by atoms with Crippen LogP contribution in [0.25, 0.3) is 10.9 Å². The van der Waals surface area contributed by atoms with Gasteiger partial charge in [-0.3, -0.25) is 19.8 Å². The Morgan fingerprint density at radius 2 is 1.78 bits per heavy atom. The lowest BCUT2D eigenvalue weighted by Gasteiger charge is -2.14. The van der Waals surface area contributed by atoms with Crippen LogP contribution < -0.4 is 16.1 Å². The molecule has 0 saturated carbocycles. The van der Waals surface area contributed by atoms with Crippen molar-refractivity contribution in [3.8, 4) is 0 Å². The first-order chi connectivity index (χ1) is 15.2. The average Bonchev–Trinajstić information content (AvgIpc) is 3.08. The molecular formula is C23H24Cl2N4O3. The molecule has 32 heavy (non-hydrogen) atoms. The molecule has 3 aromatic rings. The summed E-state index contributed by atoms with van der Waals surface area (Å²) >= 11 is 12.2. The number of carbonyl (C=O) groups excluding carboxylic acids is 3. The summed E-state index contributed by atoms with van der Waals surface area (Å²) in [7, 11) is 0. The highest BCUT2D eigenvalue weighted by Gasteiger charge is 2.21. The minimum Gasteiger partial charge on any atom is -0.348 e. The van der Waals surface area contributed by atoms with Gasteiger partial charge in [-0.25, -0.2) is 4.68 Å². The maximum Gasteiger partial charge on any atom is 0.328 e. The molecule has 0 fully saturated rings. The molecule has 0 unspecified atom stereocenters. The van der Waals surface area contributed by atoms with Gasteiger partial charge in [0.15, 0.2) is 0 Å². The fourth-order valence-electron chi connectivity index (χ4n) is 3.11. The highest BCUT2D eigenvalue weighted by Crippen LogP contribution is 2.26. The Kier molecular flexibility index (Phi) is 7.43. The van der Waals surface area contributed by atoms with E-state index in [1.54, 1.807) is 49.4 Å². The summed E-state index contributed by atoms with van der Waals surface area (Å²) in [6.45, 7) is 6.22. The Balaban J connectivity index is 1.90. The Labute approximate surface area is 196 Å². The van der Waals surface area contributed by atoms with E-state index in [2.05, 4.69) is 16.1 Å². The number of nitrogens with zero attached hydrogens (tertiary/aromatic N) is 1. The van der Waals surface area contributed by atoms with Gasteiger partial charge in [-0.1, -0.05) is 43.1 Å². The molecule has 1 heterocycles. The number of fused-ring (bicyclic) bond motifs is 1. The standard InChI is InChI=1S/C23H24Cl2N4O3/c1-13(2)9-10-26-22(31)23(32)28-29-19-8-7-16(24)11-15(19)12-20(29)21(30)27-18-6-4-5-17(25)14(18)3/h4-8,11-13H,9-10H2,1-3H3,(H,26,31)(H,27,30)(H,28,32). The molecule has 3 rings (SSSR count). The van der Waals surface area contributed by atoms with Crippen LogP contribution in [-0.2, 0) is 9.59 Å². The van der Waals surface area contributed by atoms with Crippen LogP contribution in [0.4, 0.5) is 5.69 Å². The zero-order valence-corrected chi connectivity index (χ0v) is 19.5. The lowest BCUT2D eigenvalue weighted by molar-refractivity contribution is -0.136. The summed E-state index contributed by atoms with van der Waals surface area (Å²) in [5, 5.41) is 7.01. The van der Waals surface area contributed by atoms with Crippen molar-refractivity contribution in [2.45, 2.75) is 27.2 Å². The number of halogens is 2. The minimum atomic E-state index is -0.880. The van der Waals surface area contributed by atoms with Gasteiger partial charge in [-0.05, 0) is 61.2 Å². The van der Waals surface area contributed by atoms with Gasteiger partial charge in [0.2, 0.25) is 0 Å². The van der Waals surface area contributed by atoms with Gasteiger partial charge < -0.3 is 10.6 Å². The van der Waals surface area contributed by atoms with Crippen molar-refractivity contribution in [2.75, 3.05) is 17.3 Å². The van der Waals surface area contributed by atoms with Crippen LogP contribution in [0.1, 0.15) is 36.3 Å². The molecule has 3 N–H and O–H groups in total. The average molecular weight is 475 g/mol. The molecule has 0 atom stereocenters. The topological polar surface area (TPSA) is 92.2 Å². The molecule has 0 radical (unpaired) electrons. The predicted molar refractivity (Wildman–Crippen MR) is 128 cm³/mol. The van der Waals surface area contributed by atoms with Crippen LogP contribution >= 0.6 is 23.2 Å². The van der Waals surface area contributed by atoms with Crippen LogP contribution in [0.2, 0.25) is 10.0 Å². The molecule has 0 aliphatic heterocycles. The SMILES string of the molecule is Cc1c(Cl)cccc1NC(=O)c1cc2cc(Cl)ccc2n1NC(=O)C(=O)NCCC(C)C. The monoisotopic (exact) mass is 474 g/mol. The number of hydrogen-bond acceptors (Lipinski definition) is 3. The zero-order valence-electron chi connectivity index (χ0n) is 18.0. The summed E-state index contributed by atoms with van der Waals surface area (Å²) in [6.07, 6.45) is 0.747. The predicted octanol–water partition coefficient (Wildman–Crippen LogP) is 4.74. The van der Waals surface area contributed by atoms with Crippen molar-refractivity contribution in [1.82, 2.24) is 9.99 Å². The van der Waals surface area contributed by atoms with E-state index in [1.807, 2.05) is 13.8 Å². The third-order valence-corrected chi connectivity index (χ3v) is 5.58. The molecule has 0 spiro atoms. The van der Waals surface area contributed by atoms with Gasteiger partial charge in [-0.15, -0.1) is 0 Å². The van der Waals surface area contributed by atoms with Crippen molar-refractivity contribution in [1.29, 1.82) is 0 Å². The van der Waals surface area contributed by atoms with E-state index in [0.29, 0.717) is 44.7 Å². The Bertz CT molecular complexity index is 1190. The molecule has 9 heteroatoms. The molecule has 0 aliphatic rings. The number of nitrogens with one attached hydrogen (secondary N) is 3. The number of benzene rings is 2. The molecule has 168 valence electrons. The lowest BCUT2D eigenvalue weighted by Crippen LogP contribution is -2.40. The summed E-state index contributed by atoms with van der Waals surface area (Å²) in [6, 6.07) is 11.7. The van der Waals surface area contributed by atoms with Crippen LogP contribution in [-0.4, -0.2) is 28.9 Å². The second kappa shape index (κ2) is 10.1. The largest absolute Gasteiger partial charge is 0.348 e. The van der Waals surface area contributed by atoms with E-state index in [-0.39, 0.29) is 5.69 Å². The van der Waals surface area contributed by atoms with E-state index in [1.165, 1.54) is 4.68 Å². The number of carbonyl (C=O) groups is 3. The molecule has 0 saturated heterocycles. The number of hydrogen-bond donors (Lipinski definition) is 3. The normalized spacial score (nSPS) is 10.9. The van der Waals surface area contributed by atoms with Gasteiger partial charge in [0.25, 0.3) is 5.91 Å². The Hall–Kier alpha value is -3.03. The van der Waals surface area contributed by atoms with Crippen molar-refractivity contribution in [3.05, 3.63) is 63.8 Å². The molecule has 0 bridgehead atoms. The van der Waals surface area contributed by atoms with Crippen molar-refractivity contribution < 1.29 is 14.4 Å². The van der Waals surface area contributed by atoms with E-state index >= 15 is 0 Å². The summed E-state index contributed by atoms with van der Waals surface area (Å²) in [5.41, 5.74) is 4.42. The molecular weight excluding hydrogens is 451 g/mol. The molecule has 3 amide bonds. The quantitative estimate of drug-likeness (QED) is 0.450. The number of rotatable bonds is 6. The second-order valence-electron chi connectivity index (χ2n) is 7.81. The van der Waals surface area contributed by atoms with E-state index in [0.717, 1.165) is 6.42 Å². The first kappa shape index (κ1) is 23.6. The van der Waals surface area contributed by atoms with E-state index in [4.69, 9.17) is 23.2 Å². The molecule has 1 aromatic heterocycles. The molecule has 0 aliphatic carbocycles. The van der Waals surface area contributed by atoms with Crippen molar-refractivity contribution in [2.24, 2.45) is 5.92 Å². The highest BCUT2D eigenvalue weighted by molar-refractivity contribution is 6.38. The Morgan fingerprint density at radius 3 is 2.50 bits per heavy atom. The van der Waals surface area contributed by atoms with E-state index < -0.39 is 17.7 Å². The van der Waals surface area contributed by atoms with Gasteiger partial charge >= 0.3 is 11.8 Å². The van der Waals surface area contributed by atoms with Gasteiger partial charge in [0.05, 0.1) is 5.52 Å². The third-order valence-electron chi connectivity index (χ3n) is 4.94. The van der Waals surface area contributed by atoms with Gasteiger partial charge in [0.1, 0.15) is 5.69 Å². The maximum absolute atomic E-state index is 13.1. The second-order valence-corrected chi connectivity index (χ2v) is 8.66. The number of anilines is 1. The highest BCUT2D eigenvalue weighted by atomic mass is 35.5. The Morgan fingerprint density at radius 1 is 1.03 bits per heavy atom. The third kappa shape index (κ3) is 5.41. The number of amides is 3. The first-order valence-corrected chi connectivity index (χ1v) is 10.9. The zero-order chi connectivity index (χ0) is 23.4. The van der Waals surface area contributed by atoms with Crippen LogP contribution in [0.3, 0.4) is 0 Å². The first-order valence-electron chi connectivity index (χ1n) is 10.1. The fraction of sp³-hybridized carbons (Fsp3) is 0.261. The van der Waals surface area contributed by atoms with Crippen LogP contribution in [0.5, 0.6) is 0 Å². The van der Waals surface area contributed by atoms with E-state index in [9.17, 15) is 14.4 Å².